The third-order valence-electron chi connectivity index (χ3n) is 5.04. The molecular formula is C18H30N2. The van der Waals surface area contributed by atoms with Crippen LogP contribution in [0.4, 0.5) is 0 Å². The molecule has 1 aliphatic rings. The molecule has 1 aromatic rings. The summed E-state index contributed by atoms with van der Waals surface area (Å²) in [7, 11) is 0. The van der Waals surface area contributed by atoms with Gasteiger partial charge in [-0.3, -0.25) is 4.90 Å². The molecular weight excluding hydrogens is 244 g/mol. The molecule has 0 saturated carbocycles. The van der Waals surface area contributed by atoms with Crippen LogP contribution in [0.5, 0.6) is 0 Å². The lowest BCUT2D eigenvalue weighted by molar-refractivity contribution is 0.0819. The predicted octanol–water partition coefficient (Wildman–Crippen LogP) is 3.76. The molecule has 20 heavy (non-hydrogen) atoms. The minimum absolute atomic E-state index is 0.499. The fourth-order valence-electron chi connectivity index (χ4n) is 3.15. The molecule has 0 radical (unpaired) electrons. The van der Waals surface area contributed by atoms with Gasteiger partial charge in [-0.1, -0.05) is 50.1 Å². The van der Waals surface area contributed by atoms with Gasteiger partial charge >= 0.3 is 0 Å². The van der Waals surface area contributed by atoms with Crippen LogP contribution in [0.3, 0.4) is 0 Å². The summed E-state index contributed by atoms with van der Waals surface area (Å²) in [6, 6.07) is 10.8. The van der Waals surface area contributed by atoms with E-state index in [1.807, 2.05) is 0 Å². The van der Waals surface area contributed by atoms with E-state index in [0.717, 1.165) is 19.0 Å². The molecule has 2 heteroatoms. The van der Waals surface area contributed by atoms with Gasteiger partial charge in [0.1, 0.15) is 0 Å². The predicted molar refractivity (Wildman–Crippen MR) is 87.0 cm³/mol. The second-order valence-electron chi connectivity index (χ2n) is 6.53. The maximum absolute atomic E-state index is 3.72. The average Bonchev–Trinajstić information content (AvgIpc) is 2.47. The summed E-state index contributed by atoms with van der Waals surface area (Å²) in [5, 5.41) is 3.72. The highest BCUT2D eigenvalue weighted by atomic mass is 15.2. The second-order valence-corrected chi connectivity index (χ2v) is 6.53. The Morgan fingerprint density at radius 3 is 2.50 bits per heavy atom. The summed E-state index contributed by atoms with van der Waals surface area (Å²) < 4.78 is 0. The van der Waals surface area contributed by atoms with Crippen LogP contribution in [-0.4, -0.2) is 30.1 Å². The fraction of sp³-hybridized carbons (Fsp3) is 0.667. The fourth-order valence-corrected chi connectivity index (χ4v) is 3.15. The van der Waals surface area contributed by atoms with Gasteiger partial charge < -0.3 is 5.32 Å². The first kappa shape index (κ1) is 15.5. The van der Waals surface area contributed by atoms with Crippen LogP contribution in [0.2, 0.25) is 0 Å². The van der Waals surface area contributed by atoms with Crippen molar-refractivity contribution in [3.8, 4) is 0 Å². The van der Waals surface area contributed by atoms with Crippen molar-refractivity contribution >= 4 is 0 Å². The zero-order chi connectivity index (χ0) is 14.7. The normalized spacial score (nSPS) is 27.2. The summed E-state index contributed by atoms with van der Waals surface area (Å²) in [6.45, 7) is 13.8. The highest BCUT2D eigenvalue weighted by Crippen LogP contribution is 2.26. The van der Waals surface area contributed by atoms with Crippen molar-refractivity contribution in [3.05, 3.63) is 35.4 Å². The van der Waals surface area contributed by atoms with Crippen LogP contribution in [0.15, 0.2) is 24.3 Å². The molecule has 1 N–H and O–H groups in total. The van der Waals surface area contributed by atoms with Crippen LogP contribution in [0, 0.1) is 12.8 Å². The molecule has 2 rings (SSSR count). The summed E-state index contributed by atoms with van der Waals surface area (Å²) >= 11 is 0. The Morgan fingerprint density at radius 2 is 1.90 bits per heavy atom. The Kier molecular flexibility index (Phi) is 5.22. The Labute approximate surface area is 124 Å². The van der Waals surface area contributed by atoms with E-state index in [-0.39, 0.29) is 0 Å². The van der Waals surface area contributed by atoms with E-state index in [2.05, 4.69) is 69.1 Å². The van der Waals surface area contributed by atoms with E-state index in [4.69, 9.17) is 0 Å². The molecule has 2 nitrogen and oxygen atoms in total. The minimum atomic E-state index is 0.499. The molecule has 1 aliphatic heterocycles. The SMILES string of the molecule is CCC(C)C1CN(C(C)c2ccc(C)cc2)C(C)CN1. The lowest BCUT2D eigenvalue weighted by Gasteiger charge is -2.44. The second kappa shape index (κ2) is 6.73. The van der Waals surface area contributed by atoms with E-state index in [0.29, 0.717) is 18.1 Å². The molecule has 1 fully saturated rings. The minimum Gasteiger partial charge on any atom is -0.311 e. The van der Waals surface area contributed by atoms with Crippen molar-refractivity contribution in [2.45, 2.75) is 59.2 Å². The Hall–Kier alpha value is -0.860. The van der Waals surface area contributed by atoms with Gasteiger partial charge in [0, 0.05) is 31.2 Å². The van der Waals surface area contributed by atoms with Crippen molar-refractivity contribution in [2.75, 3.05) is 13.1 Å². The van der Waals surface area contributed by atoms with Gasteiger partial charge in [0.2, 0.25) is 0 Å². The largest absolute Gasteiger partial charge is 0.311 e. The molecule has 1 saturated heterocycles. The molecule has 4 unspecified atom stereocenters. The molecule has 0 spiro atoms. The molecule has 1 aromatic carbocycles. The lowest BCUT2D eigenvalue weighted by atomic mass is 9.93. The van der Waals surface area contributed by atoms with E-state index < -0.39 is 0 Å². The molecule has 112 valence electrons. The van der Waals surface area contributed by atoms with Crippen molar-refractivity contribution in [1.82, 2.24) is 10.2 Å². The number of aryl methyl sites for hydroxylation is 1. The third-order valence-corrected chi connectivity index (χ3v) is 5.04. The molecule has 0 amide bonds. The monoisotopic (exact) mass is 274 g/mol. The number of rotatable bonds is 4. The van der Waals surface area contributed by atoms with Gasteiger partial charge in [0.05, 0.1) is 0 Å². The molecule has 1 heterocycles. The van der Waals surface area contributed by atoms with Gasteiger partial charge in [-0.15, -0.1) is 0 Å². The summed E-state index contributed by atoms with van der Waals surface area (Å²) in [4.78, 5) is 2.66. The van der Waals surface area contributed by atoms with Crippen molar-refractivity contribution < 1.29 is 0 Å². The number of nitrogens with zero attached hydrogens (tertiary/aromatic N) is 1. The van der Waals surface area contributed by atoms with Gasteiger partial charge in [-0.25, -0.2) is 0 Å². The maximum atomic E-state index is 3.72. The van der Waals surface area contributed by atoms with Gasteiger partial charge in [-0.2, -0.15) is 0 Å². The van der Waals surface area contributed by atoms with Crippen molar-refractivity contribution in [2.24, 2.45) is 5.92 Å². The first-order valence-electron chi connectivity index (χ1n) is 8.08. The first-order valence-corrected chi connectivity index (χ1v) is 8.08. The Bertz CT molecular complexity index is 412. The van der Waals surface area contributed by atoms with Crippen LogP contribution in [-0.2, 0) is 0 Å². The van der Waals surface area contributed by atoms with Crippen LogP contribution < -0.4 is 5.32 Å². The quantitative estimate of drug-likeness (QED) is 0.899. The van der Waals surface area contributed by atoms with Gasteiger partial charge in [0.15, 0.2) is 0 Å². The zero-order valence-corrected chi connectivity index (χ0v) is 13.7. The number of piperazine rings is 1. The van der Waals surface area contributed by atoms with Crippen molar-refractivity contribution in [1.29, 1.82) is 0 Å². The topological polar surface area (TPSA) is 15.3 Å². The summed E-state index contributed by atoms with van der Waals surface area (Å²) in [6.07, 6.45) is 1.25. The van der Waals surface area contributed by atoms with E-state index in [1.54, 1.807) is 0 Å². The molecule has 0 bridgehead atoms. The highest BCUT2D eigenvalue weighted by Gasteiger charge is 2.30. The molecule has 4 atom stereocenters. The van der Waals surface area contributed by atoms with Gasteiger partial charge in [-0.05, 0) is 32.3 Å². The number of hydrogen-bond acceptors (Lipinski definition) is 2. The van der Waals surface area contributed by atoms with E-state index >= 15 is 0 Å². The zero-order valence-electron chi connectivity index (χ0n) is 13.7. The van der Waals surface area contributed by atoms with Crippen LogP contribution in [0.1, 0.15) is 51.3 Å². The smallest absolute Gasteiger partial charge is 0.0323 e. The van der Waals surface area contributed by atoms with Crippen LogP contribution >= 0.6 is 0 Å². The third kappa shape index (κ3) is 3.42. The van der Waals surface area contributed by atoms with Crippen LogP contribution in [0.25, 0.3) is 0 Å². The Balaban J connectivity index is 2.10. The van der Waals surface area contributed by atoms with E-state index in [1.165, 1.54) is 17.5 Å². The number of hydrogen-bond donors (Lipinski definition) is 1. The standard InChI is InChI=1S/C18H30N2/c1-6-14(3)18-12-20(15(4)11-19-18)16(5)17-9-7-13(2)8-10-17/h7-10,14-16,18-19H,6,11-12H2,1-5H3. The molecule has 0 aliphatic carbocycles. The number of nitrogens with one attached hydrogen (secondary N) is 1. The Morgan fingerprint density at radius 1 is 1.25 bits per heavy atom. The van der Waals surface area contributed by atoms with Crippen molar-refractivity contribution in [3.63, 3.8) is 0 Å². The highest BCUT2D eigenvalue weighted by molar-refractivity contribution is 5.24. The van der Waals surface area contributed by atoms with E-state index in [9.17, 15) is 0 Å². The lowest BCUT2D eigenvalue weighted by Crippen LogP contribution is -2.57. The summed E-state index contributed by atoms with van der Waals surface area (Å²) in [5.41, 5.74) is 2.78. The first-order chi connectivity index (χ1) is 9.52. The maximum Gasteiger partial charge on any atom is 0.0323 e. The van der Waals surface area contributed by atoms with Gasteiger partial charge in [0.25, 0.3) is 0 Å². The molecule has 0 aromatic heterocycles. The average molecular weight is 274 g/mol. The number of benzene rings is 1. The summed E-state index contributed by atoms with van der Waals surface area (Å²) in [5.74, 6) is 0.746.